The maximum atomic E-state index is 12.7. The first kappa shape index (κ1) is 23.9. The summed E-state index contributed by atoms with van der Waals surface area (Å²) in [4.78, 5) is 38.9. The Labute approximate surface area is 193 Å². The zero-order valence-corrected chi connectivity index (χ0v) is 20.1. The van der Waals surface area contributed by atoms with E-state index in [4.69, 9.17) is 4.74 Å². The van der Waals surface area contributed by atoms with Crippen molar-refractivity contribution in [3.8, 4) is 5.69 Å². The highest BCUT2D eigenvalue weighted by Crippen LogP contribution is 2.34. The number of carbonyl (C=O) groups excluding carboxylic acids is 3. The number of hydrogen-bond acceptors (Lipinski definition) is 5. The maximum Gasteiger partial charge on any atom is 0.338 e. The predicted molar refractivity (Wildman–Crippen MR) is 128 cm³/mol. The number of hydrogen-bond donors (Lipinski definition) is 0. The van der Waals surface area contributed by atoms with Gasteiger partial charge in [0.1, 0.15) is 0 Å². The second-order valence-corrected chi connectivity index (χ2v) is 9.38. The number of thioether (sulfide) groups is 1. The fourth-order valence-electron chi connectivity index (χ4n) is 3.63. The van der Waals surface area contributed by atoms with Crippen LogP contribution in [0.4, 0.5) is 4.79 Å². The van der Waals surface area contributed by atoms with E-state index in [1.165, 1.54) is 4.90 Å². The van der Waals surface area contributed by atoms with Gasteiger partial charge in [-0.15, -0.1) is 0 Å². The van der Waals surface area contributed by atoms with E-state index in [0.717, 1.165) is 47.2 Å². The molecule has 0 N–H and O–H groups in total. The van der Waals surface area contributed by atoms with E-state index in [1.807, 2.05) is 45.9 Å². The zero-order valence-electron chi connectivity index (χ0n) is 19.3. The van der Waals surface area contributed by atoms with Gasteiger partial charge in [-0.1, -0.05) is 27.2 Å². The van der Waals surface area contributed by atoms with Crippen LogP contribution in [0.3, 0.4) is 0 Å². The van der Waals surface area contributed by atoms with Crippen molar-refractivity contribution in [1.82, 2.24) is 9.47 Å². The van der Waals surface area contributed by atoms with Gasteiger partial charge in [-0.25, -0.2) is 4.79 Å². The molecule has 0 spiro atoms. The molecule has 0 bridgehead atoms. The van der Waals surface area contributed by atoms with Crippen LogP contribution in [0.25, 0.3) is 11.8 Å². The highest BCUT2D eigenvalue weighted by atomic mass is 32.2. The normalized spacial score (nSPS) is 15.3. The molecule has 0 aliphatic carbocycles. The smallest absolute Gasteiger partial charge is 0.338 e. The minimum atomic E-state index is -0.316. The van der Waals surface area contributed by atoms with Crippen molar-refractivity contribution in [2.24, 2.45) is 5.92 Å². The van der Waals surface area contributed by atoms with Gasteiger partial charge < -0.3 is 9.30 Å². The third kappa shape index (κ3) is 5.15. The van der Waals surface area contributed by atoms with E-state index >= 15 is 0 Å². The molecule has 1 aromatic heterocycles. The Morgan fingerprint density at radius 1 is 1.16 bits per heavy atom. The van der Waals surface area contributed by atoms with Crippen LogP contribution in [0.2, 0.25) is 0 Å². The van der Waals surface area contributed by atoms with Crippen LogP contribution >= 0.6 is 11.8 Å². The molecule has 7 heteroatoms. The lowest BCUT2D eigenvalue weighted by Crippen LogP contribution is -2.31. The summed E-state index contributed by atoms with van der Waals surface area (Å²) in [6.07, 6.45) is 3.62. The molecule has 1 fully saturated rings. The molecule has 1 aliphatic heterocycles. The molecule has 6 nitrogen and oxygen atoms in total. The second-order valence-electron chi connectivity index (χ2n) is 8.38. The molecule has 2 amide bonds. The molecule has 1 aromatic carbocycles. The predicted octanol–water partition coefficient (Wildman–Crippen LogP) is 5.74. The molecule has 2 heterocycles. The van der Waals surface area contributed by atoms with Crippen LogP contribution in [0, 0.1) is 19.8 Å². The lowest BCUT2D eigenvalue weighted by molar-refractivity contribution is -0.123. The monoisotopic (exact) mass is 454 g/mol. The molecular weight excluding hydrogens is 424 g/mol. The molecule has 170 valence electrons. The van der Waals surface area contributed by atoms with Gasteiger partial charge in [-0.3, -0.25) is 14.5 Å². The number of aryl methyl sites for hydroxylation is 1. The largest absolute Gasteiger partial charge is 0.462 e. The van der Waals surface area contributed by atoms with Crippen LogP contribution in [0.5, 0.6) is 0 Å². The Kier molecular flexibility index (Phi) is 7.61. The quantitative estimate of drug-likeness (QED) is 0.289. The Balaban J connectivity index is 1.82. The van der Waals surface area contributed by atoms with Crippen molar-refractivity contribution in [1.29, 1.82) is 0 Å². The first-order chi connectivity index (χ1) is 15.2. The number of aromatic nitrogens is 1. The Morgan fingerprint density at radius 2 is 1.84 bits per heavy atom. The summed E-state index contributed by atoms with van der Waals surface area (Å²) in [5.74, 6) is -0.326. The standard InChI is InChI=1S/C25H30N2O4S/c1-6-7-12-31-24(29)19-8-10-21(11-9-19)27-17(4)13-20(18(27)5)14-22-23(28)26(15-16(2)3)25(30)32-22/h8-11,13-14,16H,6-7,12,15H2,1-5H3/b22-14-. The van der Waals surface area contributed by atoms with Gasteiger partial charge in [0.2, 0.25) is 0 Å². The number of nitrogens with zero attached hydrogens (tertiary/aromatic N) is 2. The van der Waals surface area contributed by atoms with Gasteiger partial charge in [0, 0.05) is 23.6 Å². The number of carbonyl (C=O) groups is 3. The number of benzene rings is 1. The fourth-order valence-corrected chi connectivity index (χ4v) is 4.47. The Hall–Kier alpha value is -2.80. The van der Waals surface area contributed by atoms with E-state index in [2.05, 4.69) is 11.5 Å². The van der Waals surface area contributed by atoms with Crippen LogP contribution in [-0.2, 0) is 9.53 Å². The highest BCUT2D eigenvalue weighted by Gasteiger charge is 2.35. The van der Waals surface area contributed by atoms with Crippen LogP contribution < -0.4 is 0 Å². The Morgan fingerprint density at radius 3 is 2.47 bits per heavy atom. The van der Waals surface area contributed by atoms with E-state index in [1.54, 1.807) is 18.2 Å². The molecule has 2 aromatic rings. The maximum absolute atomic E-state index is 12.7. The summed E-state index contributed by atoms with van der Waals surface area (Å²) in [7, 11) is 0. The topological polar surface area (TPSA) is 68.6 Å². The number of rotatable bonds is 8. The average Bonchev–Trinajstić information content (AvgIpc) is 3.17. The van der Waals surface area contributed by atoms with Crippen LogP contribution in [0.1, 0.15) is 60.9 Å². The number of ether oxygens (including phenoxy) is 1. The van der Waals surface area contributed by atoms with Gasteiger partial charge in [0.05, 0.1) is 17.1 Å². The lowest BCUT2D eigenvalue weighted by atomic mass is 10.2. The second kappa shape index (κ2) is 10.2. The number of amides is 2. The van der Waals surface area contributed by atoms with Gasteiger partial charge in [0.15, 0.2) is 0 Å². The Bertz CT molecular complexity index is 1050. The molecule has 0 atom stereocenters. The van der Waals surface area contributed by atoms with E-state index in [0.29, 0.717) is 23.6 Å². The van der Waals surface area contributed by atoms with E-state index in [-0.39, 0.29) is 23.0 Å². The van der Waals surface area contributed by atoms with Gasteiger partial charge >= 0.3 is 5.97 Å². The first-order valence-electron chi connectivity index (χ1n) is 10.9. The third-order valence-corrected chi connectivity index (χ3v) is 6.18. The molecule has 0 saturated carbocycles. The van der Waals surface area contributed by atoms with Crippen molar-refractivity contribution < 1.29 is 19.1 Å². The van der Waals surface area contributed by atoms with E-state index < -0.39 is 0 Å². The summed E-state index contributed by atoms with van der Waals surface area (Å²) in [5.41, 5.74) is 4.27. The molecule has 0 unspecified atom stereocenters. The fraction of sp³-hybridized carbons (Fsp3) is 0.400. The van der Waals surface area contributed by atoms with Crippen molar-refractivity contribution >= 4 is 35.0 Å². The number of unbranched alkanes of at least 4 members (excludes halogenated alkanes) is 1. The van der Waals surface area contributed by atoms with Crippen molar-refractivity contribution in [2.45, 2.75) is 47.5 Å². The molecule has 1 aliphatic rings. The average molecular weight is 455 g/mol. The van der Waals surface area contributed by atoms with Crippen molar-refractivity contribution in [2.75, 3.05) is 13.2 Å². The summed E-state index contributed by atoms with van der Waals surface area (Å²) >= 11 is 0.989. The van der Waals surface area contributed by atoms with Crippen LogP contribution in [0.15, 0.2) is 35.2 Å². The van der Waals surface area contributed by atoms with Gasteiger partial charge in [-0.2, -0.15) is 0 Å². The van der Waals surface area contributed by atoms with E-state index in [9.17, 15) is 14.4 Å². The summed E-state index contributed by atoms with van der Waals surface area (Å²) in [5, 5.41) is -0.217. The first-order valence-corrected chi connectivity index (χ1v) is 11.8. The SMILES string of the molecule is CCCCOC(=O)c1ccc(-n2c(C)cc(/C=C3\SC(=O)N(CC(C)C)C3=O)c2C)cc1. The molecule has 0 radical (unpaired) electrons. The third-order valence-electron chi connectivity index (χ3n) is 5.27. The molecular formula is C25H30N2O4S. The van der Waals surface area contributed by atoms with Crippen LogP contribution in [-0.4, -0.2) is 39.7 Å². The van der Waals surface area contributed by atoms with Gasteiger partial charge in [-0.05, 0) is 79.9 Å². The zero-order chi connectivity index (χ0) is 23.4. The van der Waals surface area contributed by atoms with Crippen molar-refractivity contribution in [3.05, 3.63) is 57.8 Å². The summed E-state index contributed by atoms with van der Waals surface area (Å²) in [6.45, 7) is 10.8. The lowest BCUT2D eigenvalue weighted by Gasteiger charge is -2.14. The minimum Gasteiger partial charge on any atom is -0.462 e. The molecule has 1 saturated heterocycles. The highest BCUT2D eigenvalue weighted by molar-refractivity contribution is 8.18. The summed E-state index contributed by atoms with van der Waals surface area (Å²) < 4.78 is 7.34. The van der Waals surface area contributed by atoms with Gasteiger partial charge in [0.25, 0.3) is 11.1 Å². The van der Waals surface area contributed by atoms with Crippen molar-refractivity contribution in [3.63, 3.8) is 0 Å². The number of esters is 1. The molecule has 32 heavy (non-hydrogen) atoms. The minimum absolute atomic E-state index is 0.217. The number of imide groups is 1. The molecule has 3 rings (SSSR count). The summed E-state index contributed by atoms with van der Waals surface area (Å²) in [6, 6.07) is 9.30.